The van der Waals surface area contributed by atoms with Crippen molar-refractivity contribution in [1.29, 1.82) is 0 Å². The predicted octanol–water partition coefficient (Wildman–Crippen LogP) is 5.02. The summed E-state index contributed by atoms with van der Waals surface area (Å²) in [6, 6.07) is 12.2. The molecular weight excluding hydrogens is 440 g/mol. The van der Waals surface area contributed by atoms with Crippen LogP contribution >= 0.6 is 11.6 Å². The molecule has 0 aliphatic heterocycles. The van der Waals surface area contributed by atoms with Crippen LogP contribution in [0.2, 0.25) is 5.02 Å². The van der Waals surface area contributed by atoms with Crippen molar-refractivity contribution in [3.8, 4) is 0 Å². The van der Waals surface area contributed by atoms with Gasteiger partial charge in [-0.25, -0.2) is 14.4 Å². The van der Waals surface area contributed by atoms with Crippen LogP contribution < -0.4 is 10.6 Å². The summed E-state index contributed by atoms with van der Waals surface area (Å²) in [5.41, 5.74) is 0.0998. The van der Waals surface area contributed by atoms with Gasteiger partial charge in [-0.15, -0.1) is 0 Å². The predicted molar refractivity (Wildman–Crippen MR) is 107 cm³/mol. The van der Waals surface area contributed by atoms with Crippen molar-refractivity contribution in [2.45, 2.75) is 19.3 Å². The lowest BCUT2D eigenvalue weighted by molar-refractivity contribution is -0.141. The number of hydrogen-bond donors (Lipinski definition) is 3. The van der Waals surface area contributed by atoms with Crippen molar-refractivity contribution in [3.63, 3.8) is 0 Å². The van der Waals surface area contributed by atoms with E-state index in [4.69, 9.17) is 21.5 Å². The number of rotatable bonds is 6. The van der Waals surface area contributed by atoms with Crippen LogP contribution in [-0.2, 0) is 24.1 Å². The smallest absolute Gasteiger partial charge is 0.433 e. The molecule has 0 saturated heterocycles. The number of halogens is 5. The van der Waals surface area contributed by atoms with E-state index in [9.17, 15) is 17.6 Å². The second-order valence-electron chi connectivity index (χ2n) is 6.04. The van der Waals surface area contributed by atoms with Gasteiger partial charge in [0.25, 0.3) is 6.47 Å². The molecule has 0 fully saturated rings. The van der Waals surface area contributed by atoms with Gasteiger partial charge in [-0.3, -0.25) is 4.79 Å². The maximum Gasteiger partial charge on any atom is 0.433 e. The van der Waals surface area contributed by atoms with E-state index in [1.54, 1.807) is 36.4 Å². The molecule has 1 heterocycles. The van der Waals surface area contributed by atoms with Crippen LogP contribution in [-0.4, -0.2) is 21.5 Å². The van der Waals surface area contributed by atoms with Gasteiger partial charge in [-0.2, -0.15) is 13.2 Å². The van der Waals surface area contributed by atoms with Gasteiger partial charge in [0.15, 0.2) is 5.69 Å². The number of anilines is 2. The molecule has 6 nitrogen and oxygen atoms in total. The number of hydrogen-bond acceptors (Lipinski definition) is 5. The minimum absolute atomic E-state index is 0.0914. The van der Waals surface area contributed by atoms with Crippen LogP contribution in [0.5, 0.6) is 0 Å². The molecule has 0 radical (unpaired) electrons. The van der Waals surface area contributed by atoms with E-state index in [2.05, 4.69) is 20.6 Å². The molecule has 0 aliphatic rings. The van der Waals surface area contributed by atoms with Gasteiger partial charge in [0, 0.05) is 35.6 Å². The molecule has 1 aromatic heterocycles. The van der Waals surface area contributed by atoms with Crippen LogP contribution in [0, 0.1) is 5.82 Å². The summed E-state index contributed by atoms with van der Waals surface area (Å²) in [5, 5.41) is 12.9. The first-order valence-electron chi connectivity index (χ1n) is 8.71. The Hall–Kier alpha value is -3.24. The van der Waals surface area contributed by atoms with Crippen LogP contribution in [0.1, 0.15) is 16.8 Å². The fraction of sp³-hybridized carbons (Fsp3) is 0.150. The highest BCUT2D eigenvalue weighted by Crippen LogP contribution is 2.31. The summed E-state index contributed by atoms with van der Waals surface area (Å²) in [4.78, 5) is 15.9. The average molecular weight is 457 g/mol. The molecule has 3 rings (SSSR count). The Kier molecular flexibility index (Phi) is 8.71. The lowest BCUT2D eigenvalue weighted by Gasteiger charge is -2.14. The summed E-state index contributed by atoms with van der Waals surface area (Å²) in [5.74, 6) is -0.559. The van der Waals surface area contributed by atoms with E-state index >= 15 is 0 Å². The Morgan fingerprint density at radius 3 is 2.39 bits per heavy atom. The second-order valence-corrected chi connectivity index (χ2v) is 6.47. The highest BCUT2D eigenvalue weighted by molar-refractivity contribution is 6.30. The van der Waals surface area contributed by atoms with Crippen LogP contribution in [0.3, 0.4) is 0 Å². The normalized spacial score (nSPS) is 10.7. The second kappa shape index (κ2) is 11.2. The zero-order valence-electron chi connectivity index (χ0n) is 15.8. The van der Waals surface area contributed by atoms with E-state index in [0.29, 0.717) is 10.7 Å². The van der Waals surface area contributed by atoms with Crippen molar-refractivity contribution in [2.24, 2.45) is 0 Å². The molecule has 0 atom stereocenters. The number of alkyl halides is 3. The Morgan fingerprint density at radius 1 is 1.10 bits per heavy atom. The fourth-order valence-corrected chi connectivity index (χ4v) is 2.67. The van der Waals surface area contributed by atoms with Crippen molar-refractivity contribution >= 4 is 29.7 Å². The number of aromatic nitrogens is 2. The van der Waals surface area contributed by atoms with E-state index < -0.39 is 11.9 Å². The molecule has 11 heteroatoms. The summed E-state index contributed by atoms with van der Waals surface area (Å²) >= 11 is 5.87. The summed E-state index contributed by atoms with van der Waals surface area (Å²) in [7, 11) is 0. The Morgan fingerprint density at radius 2 is 1.77 bits per heavy atom. The Balaban J connectivity index is 0.00000107. The van der Waals surface area contributed by atoms with Gasteiger partial charge >= 0.3 is 6.18 Å². The number of nitrogens with zero attached hydrogens (tertiary/aromatic N) is 2. The Labute approximate surface area is 179 Å². The van der Waals surface area contributed by atoms with Gasteiger partial charge < -0.3 is 15.7 Å². The standard InChI is InChI=1S/C19H15ClF4N4.CH2O2/c20-14-2-1-3-16(8-14)27-18-26-11-13(17(28-18)19(22,23)24)10-25-9-12-4-6-15(21)7-5-12;2-1-3/h1-8,11,25H,9-10H2,(H,26,27,28);1H,(H,2,3). The molecular formula is C20H17ClF4N4O2. The first-order valence-corrected chi connectivity index (χ1v) is 9.09. The molecule has 3 aromatic rings. The zero-order valence-corrected chi connectivity index (χ0v) is 16.6. The summed E-state index contributed by atoms with van der Waals surface area (Å²) < 4.78 is 53.2. The van der Waals surface area contributed by atoms with Gasteiger partial charge in [-0.1, -0.05) is 29.8 Å². The van der Waals surface area contributed by atoms with Crippen molar-refractivity contribution < 1.29 is 27.5 Å². The third kappa shape index (κ3) is 7.83. The molecule has 164 valence electrons. The van der Waals surface area contributed by atoms with Crippen molar-refractivity contribution in [1.82, 2.24) is 15.3 Å². The molecule has 0 amide bonds. The van der Waals surface area contributed by atoms with Crippen LogP contribution in [0.15, 0.2) is 54.7 Å². The summed E-state index contributed by atoms with van der Waals surface area (Å²) in [6.07, 6.45) is -3.51. The SMILES string of the molecule is Fc1ccc(CNCc2cnc(Nc3cccc(Cl)c3)nc2C(F)(F)F)cc1.O=CO. The van der Waals surface area contributed by atoms with E-state index in [0.717, 1.165) is 11.8 Å². The zero-order chi connectivity index (χ0) is 22.9. The van der Waals surface area contributed by atoms with E-state index in [1.807, 2.05) is 0 Å². The number of carbonyl (C=O) groups is 1. The van der Waals surface area contributed by atoms with Gasteiger partial charge in [0.05, 0.1) is 0 Å². The molecule has 31 heavy (non-hydrogen) atoms. The minimum Gasteiger partial charge on any atom is -0.483 e. The van der Waals surface area contributed by atoms with Crippen molar-refractivity contribution in [3.05, 3.63) is 82.4 Å². The molecule has 0 unspecified atom stereocenters. The lowest BCUT2D eigenvalue weighted by Crippen LogP contribution is -2.20. The molecule has 0 saturated carbocycles. The fourth-order valence-electron chi connectivity index (χ4n) is 2.48. The summed E-state index contributed by atoms with van der Waals surface area (Å²) in [6.45, 7) is -0.0657. The number of carboxylic acid groups (broad SMARTS) is 1. The van der Waals surface area contributed by atoms with E-state index in [-0.39, 0.29) is 36.9 Å². The maximum absolute atomic E-state index is 13.4. The van der Waals surface area contributed by atoms with Gasteiger partial charge in [0.2, 0.25) is 5.95 Å². The molecule has 0 spiro atoms. The molecule has 0 aliphatic carbocycles. The van der Waals surface area contributed by atoms with Crippen LogP contribution in [0.4, 0.5) is 29.2 Å². The third-order valence-electron chi connectivity index (χ3n) is 3.77. The highest BCUT2D eigenvalue weighted by atomic mass is 35.5. The molecule has 3 N–H and O–H groups in total. The van der Waals surface area contributed by atoms with Gasteiger partial charge in [-0.05, 0) is 35.9 Å². The highest BCUT2D eigenvalue weighted by Gasteiger charge is 2.36. The van der Waals surface area contributed by atoms with Crippen molar-refractivity contribution in [2.75, 3.05) is 5.32 Å². The first kappa shape index (κ1) is 24.0. The van der Waals surface area contributed by atoms with Gasteiger partial charge in [0.1, 0.15) is 5.82 Å². The lowest BCUT2D eigenvalue weighted by atomic mass is 10.2. The molecule has 2 aromatic carbocycles. The Bertz CT molecular complexity index is 1000. The van der Waals surface area contributed by atoms with E-state index in [1.165, 1.54) is 12.1 Å². The largest absolute Gasteiger partial charge is 0.483 e. The monoisotopic (exact) mass is 456 g/mol. The maximum atomic E-state index is 13.4. The topological polar surface area (TPSA) is 87.1 Å². The van der Waals surface area contributed by atoms with Crippen LogP contribution in [0.25, 0.3) is 0 Å². The first-order chi connectivity index (χ1) is 14.7. The minimum atomic E-state index is -4.64. The third-order valence-corrected chi connectivity index (χ3v) is 4.01. The molecule has 0 bridgehead atoms. The number of nitrogens with one attached hydrogen (secondary N) is 2. The average Bonchev–Trinajstić information content (AvgIpc) is 2.70. The number of benzene rings is 2. The quantitative estimate of drug-likeness (QED) is 0.356.